The van der Waals surface area contributed by atoms with Crippen molar-refractivity contribution in [2.75, 3.05) is 5.75 Å². The van der Waals surface area contributed by atoms with E-state index in [-0.39, 0.29) is 17.9 Å². The maximum atomic E-state index is 11.7. The van der Waals surface area contributed by atoms with Gasteiger partial charge in [0.2, 0.25) is 0 Å². The second-order valence-electron chi connectivity index (χ2n) is 3.83. The molecule has 17 heavy (non-hydrogen) atoms. The Morgan fingerprint density at radius 2 is 2.18 bits per heavy atom. The second-order valence-corrected chi connectivity index (χ2v) is 6.01. The number of carboxylic acid groups (broad SMARTS) is 1. The zero-order valence-corrected chi connectivity index (χ0v) is 10.7. The molecule has 0 spiro atoms. The van der Waals surface area contributed by atoms with Crippen molar-refractivity contribution in [3.63, 3.8) is 0 Å². The first-order chi connectivity index (χ1) is 7.84. The predicted molar refractivity (Wildman–Crippen MR) is 62.4 cm³/mol. The number of aliphatic carboxylic acids is 1. The maximum Gasteiger partial charge on any atom is 0.304 e. The van der Waals surface area contributed by atoms with Gasteiger partial charge in [-0.15, -0.1) is 0 Å². The Morgan fingerprint density at radius 1 is 1.53 bits per heavy atom. The lowest BCUT2D eigenvalue weighted by Gasteiger charge is -2.05. The van der Waals surface area contributed by atoms with Crippen molar-refractivity contribution in [3.8, 4) is 0 Å². The fourth-order valence-electron chi connectivity index (χ4n) is 1.53. The van der Waals surface area contributed by atoms with E-state index >= 15 is 0 Å². The van der Waals surface area contributed by atoms with Gasteiger partial charge < -0.3 is 5.11 Å². The minimum absolute atomic E-state index is 0.158. The van der Waals surface area contributed by atoms with Gasteiger partial charge in [-0.05, 0) is 19.9 Å². The van der Waals surface area contributed by atoms with Crippen LogP contribution in [0, 0.1) is 6.92 Å². The first-order valence-corrected chi connectivity index (χ1v) is 7.11. The molecule has 1 N–H and O–H groups in total. The van der Waals surface area contributed by atoms with E-state index in [4.69, 9.17) is 5.11 Å². The molecule has 1 aromatic rings. The molecule has 1 heterocycles. The predicted octanol–water partition coefficient (Wildman–Crippen LogP) is 0.601. The highest BCUT2D eigenvalue weighted by Gasteiger charge is 2.17. The molecular weight excluding hydrogens is 244 g/mol. The number of carbonyl (C=O) groups is 1. The molecule has 0 aliphatic rings. The van der Waals surface area contributed by atoms with Gasteiger partial charge in [0.15, 0.2) is 9.84 Å². The molecule has 0 aliphatic heterocycles. The molecule has 0 atom stereocenters. The standard InChI is InChI=1S/C10H16N2O4S/c1-3-12-9(6-8(2)11-12)7-17(15,16)5-4-10(13)14/h6H,3-5,7H2,1-2H3,(H,13,14). The third-order valence-electron chi connectivity index (χ3n) is 2.28. The van der Waals surface area contributed by atoms with Crippen LogP contribution in [0.4, 0.5) is 0 Å². The normalized spacial score (nSPS) is 11.6. The van der Waals surface area contributed by atoms with Crippen LogP contribution in [0.3, 0.4) is 0 Å². The van der Waals surface area contributed by atoms with Crippen molar-refractivity contribution in [3.05, 3.63) is 17.5 Å². The van der Waals surface area contributed by atoms with E-state index in [0.29, 0.717) is 12.2 Å². The second kappa shape index (κ2) is 5.31. The molecule has 1 aromatic heterocycles. The van der Waals surface area contributed by atoms with E-state index < -0.39 is 15.8 Å². The molecule has 0 saturated carbocycles. The Hall–Kier alpha value is -1.37. The summed E-state index contributed by atoms with van der Waals surface area (Å²) >= 11 is 0. The van der Waals surface area contributed by atoms with Crippen LogP contribution in [0.15, 0.2) is 6.07 Å². The van der Waals surface area contributed by atoms with Gasteiger partial charge in [0, 0.05) is 6.54 Å². The minimum Gasteiger partial charge on any atom is -0.481 e. The summed E-state index contributed by atoms with van der Waals surface area (Å²) in [6.45, 7) is 4.26. The Balaban J connectivity index is 2.79. The van der Waals surface area contributed by atoms with Gasteiger partial charge in [-0.2, -0.15) is 5.10 Å². The molecule has 0 unspecified atom stereocenters. The summed E-state index contributed by atoms with van der Waals surface area (Å²) in [4.78, 5) is 10.3. The average molecular weight is 260 g/mol. The van der Waals surface area contributed by atoms with Crippen LogP contribution in [-0.4, -0.2) is 35.0 Å². The number of aromatic nitrogens is 2. The Morgan fingerprint density at radius 3 is 2.71 bits per heavy atom. The monoisotopic (exact) mass is 260 g/mol. The van der Waals surface area contributed by atoms with Gasteiger partial charge in [-0.25, -0.2) is 8.42 Å². The first kappa shape index (κ1) is 13.7. The average Bonchev–Trinajstić information content (AvgIpc) is 2.55. The van der Waals surface area contributed by atoms with Crippen LogP contribution in [0.2, 0.25) is 0 Å². The number of hydrogen-bond acceptors (Lipinski definition) is 4. The molecule has 0 aromatic carbocycles. The van der Waals surface area contributed by atoms with E-state index in [0.717, 1.165) is 5.69 Å². The molecule has 96 valence electrons. The highest BCUT2D eigenvalue weighted by atomic mass is 32.2. The SMILES string of the molecule is CCn1nc(C)cc1CS(=O)(=O)CCC(=O)O. The van der Waals surface area contributed by atoms with Crippen molar-refractivity contribution >= 4 is 15.8 Å². The van der Waals surface area contributed by atoms with Crippen molar-refractivity contribution in [1.82, 2.24) is 9.78 Å². The van der Waals surface area contributed by atoms with Gasteiger partial charge in [0.1, 0.15) is 0 Å². The van der Waals surface area contributed by atoms with E-state index in [1.165, 1.54) is 0 Å². The molecular formula is C10H16N2O4S. The topological polar surface area (TPSA) is 89.3 Å². The molecule has 0 radical (unpaired) electrons. The lowest BCUT2D eigenvalue weighted by atomic mass is 10.4. The number of hydrogen-bond donors (Lipinski definition) is 1. The summed E-state index contributed by atoms with van der Waals surface area (Å²) in [6.07, 6.45) is -0.360. The van der Waals surface area contributed by atoms with Crippen LogP contribution < -0.4 is 0 Å². The summed E-state index contributed by atoms with van der Waals surface area (Å²) in [5.41, 5.74) is 1.37. The van der Waals surface area contributed by atoms with E-state index in [1.54, 1.807) is 17.7 Å². The highest BCUT2D eigenvalue weighted by molar-refractivity contribution is 7.90. The summed E-state index contributed by atoms with van der Waals surface area (Å²) < 4.78 is 25.0. The zero-order chi connectivity index (χ0) is 13.1. The molecule has 0 aliphatic carbocycles. The van der Waals surface area contributed by atoms with Gasteiger partial charge in [-0.1, -0.05) is 0 Å². The van der Waals surface area contributed by atoms with Crippen LogP contribution in [0.5, 0.6) is 0 Å². The number of nitrogens with zero attached hydrogens (tertiary/aromatic N) is 2. The molecule has 1 rings (SSSR count). The van der Waals surface area contributed by atoms with Gasteiger partial charge in [0.05, 0.1) is 29.3 Å². The quantitative estimate of drug-likeness (QED) is 0.809. The van der Waals surface area contributed by atoms with Crippen molar-refractivity contribution < 1.29 is 18.3 Å². The summed E-state index contributed by atoms with van der Waals surface area (Å²) in [6, 6.07) is 1.71. The van der Waals surface area contributed by atoms with Crippen molar-refractivity contribution in [2.45, 2.75) is 32.6 Å². The molecule has 0 bridgehead atoms. The third kappa shape index (κ3) is 4.18. The Labute approximate surface area is 100 Å². The number of aryl methyl sites for hydroxylation is 2. The van der Waals surface area contributed by atoms with Crippen LogP contribution in [0.25, 0.3) is 0 Å². The fraction of sp³-hybridized carbons (Fsp3) is 0.600. The van der Waals surface area contributed by atoms with Crippen molar-refractivity contribution in [1.29, 1.82) is 0 Å². The lowest BCUT2D eigenvalue weighted by Crippen LogP contribution is -2.15. The Bertz CT molecular complexity index is 504. The molecule has 6 nitrogen and oxygen atoms in total. The minimum atomic E-state index is -3.39. The molecule has 0 saturated heterocycles. The highest BCUT2D eigenvalue weighted by Crippen LogP contribution is 2.10. The van der Waals surface area contributed by atoms with E-state index in [2.05, 4.69) is 5.10 Å². The smallest absolute Gasteiger partial charge is 0.304 e. The maximum absolute atomic E-state index is 11.7. The first-order valence-electron chi connectivity index (χ1n) is 5.29. The van der Waals surface area contributed by atoms with E-state index in [1.807, 2.05) is 6.92 Å². The molecule has 0 amide bonds. The van der Waals surface area contributed by atoms with Crippen LogP contribution in [-0.2, 0) is 26.9 Å². The Kier molecular flexibility index (Phi) is 4.28. The number of sulfone groups is 1. The summed E-state index contributed by atoms with van der Waals surface area (Å²) in [5.74, 6) is -1.60. The summed E-state index contributed by atoms with van der Waals surface area (Å²) in [7, 11) is -3.39. The summed E-state index contributed by atoms with van der Waals surface area (Å²) in [5, 5.41) is 12.6. The zero-order valence-electron chi connectivity index (χ0n) is 9.88. The van der Waals surface area contributed by atoms with Gasteiger partial charge in [-0.3, -0.25) is 9.48 Å². The number of carboxylic acids is 1. The third-order valence-corrected chi connectivity index (χ3v) is 3.84. The van der Waals surface area contributed by atoms with Gasteiger partial charge in [0.25, 0.3) is 0 Å². The van der Waals surface area contributed by atoms with Crippen molar-refractivity contribution in [2.24, 2.45) is 0 Å². The molecule has 0 fully saturated rings. The fourth-order valence-corrected chi connectivity index (χ4v) is 2.84. The number of rotatable bonds is 6. The van der Waals surface area contributed by atoms with E-state index in [9.17, 15) is 13.2 Å². The van der Waals surface area contributed by atoms with Gasteiger partial charge >= 0.3 is 5.97 Å². The largest absolute Gasteiger partial charge is 0.481 e. The van der Waals surface area contributed by atoms with Crippen LogP contribution in [0.1, 0.15) is 24.7 Å². The van der Waals surface area contributed by atoms with Crippen LogP contribution >= 0.6 is 0 Å². The molecule has 7 heteroatoms. The lowest BCUT2D eigenvalue weighted by molar-refractivity contribution is -0.136.